The zero-order valence-corrected chi connectivity index (χ0v) is 29.0. The van der Waals surface area contributed by atoms with Crippen LogP contribution in [0.15, 0.2) is 47.1 Å². The molecule has 0 radical (unpaired) electrons. The Balaban J connectivity index is 1.40. The molecule has 3 aromatic carbocycles. The van der Waals surface area contributed by atoms with Crippen molar-refractivity contribution in [3.8, 4) is 34.8 Å². The van der Waals surface area contributed by atoms with Crippen LogP contribution in [-0.4, -0.2) is 82.5 Å². The van der Waals surface area contributed by atoms with Crippen LogP contribution in [-0.2, 0) is 11.2 Å². The van der Waals surface area contributed by atoms with Crippen LogP contribution in [0, 0.1) is 25.2 Å². The van der Waals surface area contributed by atoms with Gasteiger partial charge in [-0.1, -0.05) is 24.3 Å². The lowest BCUT2D eigenvalue weighted by Crippen LogP contribution is -2.62. The topological polar surface area (TPSA) is 163 Å². The normalized spacial score (nSPS) is 21.5. The molecule has 3 aromatic rings. The molecule has 1 saturated heterocycles. The highest BCUT2D eigenvalue weighted by Crippen LogP contribution is 2.58. The molecule has 0 spiro atoms. The van der Waals surface area contributed by atoms with E-state index in [1.807, 2.05) is 55.3 Å². The number of nitriles is 1. The molecule has 0 aliphatic carbocycles. The van der Waals surface area contributed by atoms with Crippen molar-refractivity contribution in [3.05, 3.63) is 75.5 Å². The van der Waals surface area contributed by atoms with Crippen LogP contribution in [0.25, 0.3) is 6.08 Å². The summed E-state index contributed by atoms with van der Waals surface area (Å²) in [5.74, 6) is -0.136. The summed E-state index contributed by atoms with van der Waals surface area (Å²) in [5.41, 5.74) is 6.47. The standard InChI is InChI=1S/C36H40N6O6S/c1-18-12-21-13-24-26(15-37)42-25(30(41(24)4)28(21)32(44)34(18)47-5)14-23-29(33(45)35(48-6)19(2)31(23)43)27(42)16-38-36(46)20(3)39-17-49-40-22-10-8-7-9-11-22/h7-12,14,17,20,24,26-27,30,40,43-45H,13,16H2,1-6H3,(H,38,46)/t20?,24-,26-,27-,30-/m0/s1. The van der Waals surface area contributed by atoms with Crippen molar-refractivity contribution in [3.63, 3.8) is 0 Å². The molecule has 1 unspecified atom stereocenters. The summed E-state index contributed by atoms with van der Waals surface area (Å²) in [5, 5.41) is 48.5. The van der Waals surface area contributed by atoms with Crippen molar-refractivity contribution < 1.29 is 29.6 Å². The number of carbonyl (C=O) groups is 1. The number of ether oxygens (including phenoxy) is 2. The fraction of sp³-hybridized carbons (Fsp3) is 0.361. The second kappa shape index (κ2) is 13.4. The Morgan fingerprint density at radius 3 is 2.49 bits per heavy atom. The van der Waals surface area contributed by atoms with Gasteiger partial charge in [0.05, 0.1) is 37.9 Å². The minimum atomic E-state index is -0.788. The van der Waals surface area contributed by atoms with Gasteiger partial charge < -0.3 is 39.7 Å². The Morgan fingerprint density at radius 2 is 1.82 bits per heavy atom. The van der Waals surface area contributed by atoms with E-state index < -0.39 is 24.2 Å². The second-order valence-corrected chi connectivity index (χ2v) is 13.1. The van der Waals surface area contributed by atoms with Gasteiger partial charge in [-0.05, 0) is 75.5 Å². The van der Waals surface area contributed by atoms with E-state index >= 15 is 0 Å². The fourth-order valence-electron chi connectivity index (χ4n) is 7.44. The number of piperazine rings is 1. The number of fused-ring (bicyclic) bond motifs is 7. The highest BCUT2D eigenvalue weighted by molar-refractivity contribution is 8.13. The Morgan fingerprint density at radius 1 is 1.12 bits per heavy atom. The van der Waals surface area contributed by atoms with Gasteiger partial charge in [0, 0.05) is 46.2 Å². The first-order chi connectivity index (χ1) is 23.5. The van der Waals surface area contributed by atoms with E-state index in [1.54, 1.807) is 25.5 Å². The molecule has 49 heavy (non-hydrogen) atoms. The molecule has 0 saturated carbocycles. The number of para-hydroxylation sites is 1. The van der Waals surface area contributed by atoms with Crippen molar-refractivity contribution in [2.45, 2.75) is 57.4 Å². The Kier molecular flexibility index (Phi) is 9.28. The molecule has 6 rings (SSSR count). The largest absolute Gasteiger partial charge is 0.507 e. The van der Waals surface area contributed by atoms with Gasteiger partial charge in [-0.15, -0.1) is 0 Å². The predicted molar refractivity (Wildman–Crippen MR) is 189 cm³/mol. The highest BCUT2D eigenvalue weighted by atomic mass is 32.2. The minimum Gasteiger partial charge on any atom is -0.507 e. The molecule has 1 amide bonds. The van der Waals surface area contributed by atoms with Crippen LogP contribution in [0.3, 0.4) is 0 Å². The first kappa shape index (κ1) is 33.8. The molecular weight excluding hydrogens is 644 g/mol. The number of amides is 1. The molecule has 5 N–H and O–H groups in total. The lowest BCUT2D eigenvalue weighted by molar-refractivity contribution is -0.122. The summed E-state index contributed by atoms with van der Waals surface area (Å²) in [7, 11) is 4.84. The van der Waals surface area contributed by atoms with E-state index in [0.29, 0.717) is 40.1 Å². The Bertz CT molecular complexity index is 1890. The molecule has 3 aliphatic rings. The number of methoxy groups -OCH3 is 2. The number of hydrogen-bond acceptors (Lipinski definition) is 12. The van der Waals surface area contributed by atoms with Crippen LogP contribution >= 0.6 is 11.9 Å². The average molecular weight is 685 g/mol. The van der Waals surface area contributed by atoms with Gasteiger partial charge in [-0.2, -0.15) is 5.26 Å². The summed E-state index contributed by atoms with van der Waals surface area (Å²) in [4.78, 5) is 21.8. The maximum atomic E-state index is 13.4. The van der Waals surface area contributed by atoms with Gasteiger partial charge in [0.2, 0.25) is 5.91 Å². The number of phenols is 3. The van der Waals surface area contributed by atoms with Gasteiger partial charge in [0.1, 0.15) is 17.8 Å². The number of aliphatic imine (C=N–C) groups is 1. The molecule has 256 valence electrons. The quantitative estimate of drug-likeness (QED) is 0.0899. The number of carbonyl (C=O) groups excluding carboxylic acids is 1. The number of phenolic OH excluding ortho intramolecular Hbond substituents is 3. The van der Waals surface area contributed by atoms with E-state index in [2.05, 4.69) is 26.0 Å². The summed E-state index contributed by atoms with van der Waals surface area (Å²) >= 11 is 1.24. The molecule has 5 atom stereocenters. The van der Waals surface area contributed by atoms with Crippen LogP contribution in [0.4, 0.5) is 5.69 Å². The minimum absolute atomic E-state index is 0.0176. The van der Waals surface area contributed by atoms with E-state index in [1.165, 1.54) is 26.2 Å². The number of nitrogens with one attached hydrogen (secondary N) is 2. The molecule has 3 aliphatic heterocycles. The predicted octanol–water partition coefficient (Wildman–Crippen LogP) is 4.93. The monoisotopic (exact) mass is 684 g/mol. The molecule has 3 heterocycles. The summed E-state index contributed by atoms with van der Waals surface area (Å²) in [6.45, 7) is 5.18. The second-order valence-electron chi connectivity index (χ2n) is 12.5. The highest BCUT2D eigenvalue weighted by Gasteiger charge is 2.53. The first-order valence-corrected chi connectivity index (χ1v) is 16.8. The number of aryl methyl sites for hydroxylation is 1. The van der Waals surface area contributed by atoms with E-state index in [-0.39, 0.29) is 41.5 Å². The van der Waals surface area contributed by atoms with E-state index in [4.69, 9.17) is 9.47 Å². The lowest BCUT2D eigenvalue weighted by atomic mass is 9.75. The molecule has 1 fully saturated rings. The molecule has 0 aromatic heterocycles. The maximum Gasteiger partial charge on any atom is 0.244 e. The summed E-state index contributed by atoms with van der Waals surface area (Å²) in [6, 6.07) is 11.0. The van der Waals surface area contributed by atoms with E-state index in [9.17, 15) is 25.4 Å². The van der Waals surface area contributed by atoms with Crippen LogP contribution < -0.4 is 19.5 Å². The third-order valence-electron chi connectivity index (χ3n) is 9.79. The van der Waals surface area contributed by atoms with Gasteiger partial charge in [0.15, 0.2) is 23.0 Å². The molecule has 12 nitrogen and oxygen atoms in total. The molecule has 13 heteroatoms. The summed E-state index contributed by atoms with van der Waals surface area (Å²) < 4.78 is 14.2. The zero-order chi connectivity index (χ0) is 35.1. The number of aromatic hydroxyl groups is 3. The van der Waals surface area contributed by atoms with Crippen molar-refractivity contribution in [1.82, 2.24) is 15.1 Å². The number of likely N-dealkylation sites (N-methyl/N-ethyl adjacent to an activating group) is 1. The van der Waals surface area contributed by atoms with Crippen molar-refractivity contribution in [2.75, 3.05) is 32.5 Å². The number of hydrogen-bond donors (Lipinski definition) is 5. The van der Waals surface area contributed by atoms with Gasteiger partial charge >= 0.3 is 0 Å². The fourth-order valence-corrected chi connectivity index (χ4v) is 8.00. The third kappa shape index (κ3) is 5.64. The smallest absolute Gasteiger partial charge is 0.244 e. The summed E-state index contributed by atoms with van der Waals surface area (Å²) in [6.07, 6.45) is 2.24. The number of anilines is 1. The number of benzene rings is 3. The van der Waals surface area contributed by atoms with E-state index in [0.717, 1.165) is 16.8 Å². The van der Waals surface area contributed by atoms with Crippen LogP contribution in [0.5, 0.6) is 28.7 Å². The number of rotatable bonds is 9. The zero-order valence-electron chi connectivity index (χ0n) is 28.2. The third-order valence-corrected chi connectivity index (χ3v) is 10.4. The average Bonchev–Trinajstić information content (AvgIpc) is 3.09. The van der Waals surface area contributed by atoms with Crippen LogP contribution in [0.1, 0.15) is 52.4 Å². The van der Waals surface area contributed by atoms with Crippen molar-refractivity contribution in [2.24, 2.45) is 4.99 Å². The van der Waals surface area contributed by atoms with Gasteiger partial charge in [0.25, 0.3) is 0 Å². The van der Waals surface area contributed by atoms with Crippen molar-refractivity contribution >= 4 is 35.2 Å². The maximum absolute atomic E-state index is 13.4. The molecule has 2 bridgehead atoms. The van der Waals surface area contributed by atoms with Gasteiger partial charge in [-0.3, -0.25) is 14.7 Å². The van der Waals surface area contributed by atoms with Crippen LogP contribution in [0.2, 0.25) is 0 Å². The molecular formula is C36H40N6O6S. The number of nitrogens with zero attached hydrogens (tertiary/aromatic N) is 4. The first-order valence-electron chi connectivity index (χ1n) is 15.9. The lowest BCUT2D eigenvalue weighted by Gasteiger charge is -2.57. The van der Waals surface area contributed by atoms with Crippen molar-refractivity contribution in [1.29, 1.82) is 5.26 Å². The van der Waals surface area contributed by atoms with Gasteiger partial charge in [-0.25, -0.2) is 0 Å². The SMILES string of the molecule is COc1c(C)cc2c(c1O)[C@@H]1C3=Cc4c(O)c(C)c(OC)c(O)c4[C@H](CNC(=O)C(C)N=CSNc4ccccc4)N3[C@@H](C#N)[C@H](C2)N1C. The Labute approximate surface area is 289 Å². The Hall–Kier alpha value is -5.06.